The van der Waals surface area contributed by atoms with Crippen LogP contribution in [0.1, 0.15) is 25.8 Å². The van der Waals surface area contributed by atoms with Crippen LogP contribution >= 0.6 is 0 Å². The number of carbonyl (C=O) groups is 2. The average Bonchev–Trinajstić information content (AvgIpc) is 2.87. The van der Waals surface area contributed by atoms with Crippen LogP contribution in [0.25, 0.3) is 10.9 Å². The van der Waals surface area contributed by atoms with Gasteiger partial charge in [-0.3, -0.25) is 9.59 Å². The summed E-state index contributed by atoms with van der Waals surface area (Å²) in [6, 6.07) is 7.65. The van der Waals surface area contributed by atoms with Gasteiger partial charge >= 0.3 is 11.9 Å². The van der Waals surface area contributed by atoms with Crippen LogP contribution < -0.4 is 0 Å². The van der Waals surface area contributed by atoms with Crippen molar-refractivity contribution in [3.63, 3.8) is 0 Å². The molecule has 2 heterocycles. The van der Waals surface area contributed by atoms with Crippen molar-refractivity contribution in [3.8, 4) is 12.3 Å². The highest BCUT2D eigenvalue weighted by molar-refractivity contribution is 6.03. The number of cyclic esters (lactones) is 2. The minimum absolute atomic E-state index is 0.0692. The van der Waals surface area contributed by atoms with Crippen molar-refractivity contribution >= 4 is 22.8 Å². The minimum atomic E-state index is -1.50. The first kappa shape index (κ1) is 15.2. The number of hydrogen-bond acceptors (Lipinski definition) is 4. The number of benzene rings is 1. The van der Waals surface area contributed by atoms with E-state index in [0.29, 0.717) is 0 Å². The Bertz CT molecular complexity index is 805. The molecular weight excluding hydrogens is 294 g/mol. The third kappa shape index (κ3) is 2.46. The van der Waals surface area contributed by atoms with Crippen LogP contribution in [0.5, 0.6) is 0 Å². The summed E-state index contributed by atoms with van der Waals surface area (Å²) >= 11 is 0. The first-order chi connectivity index (χ1) is 10.9. The van der Waals surface area contributed by atoms with E-state index in [9.17, 15) is 9.59 Å². The summed E-state index contributed by atoms with van der Waals surface area (Å²) in [6.45, 7) is 3.04. The third-order valence-electron chi connectivity index (χ3n) is 4.03. The third-order valence-corrected chi connectivity index (χ3v) is 4.03. The normalized spacial score (nSPS) is 19.0. The lowest BCUT2D eigenvalue weighted by Gasteiger charge is -2.39. The first-order valence-corrected chi connectivity index (χ1v) is 7.33. The molecule has 2 aromatic rings. The number of rotatable bonds is 3. The molecule has 1 fully saturated rings. The summed E-state index contributed by atoms with van der Waals surface area (Å²) in [4.78, 5) is 28.3. The topological polar surface area (TPSA) is 68.4 Å². The fourth-order valence-electron chi connectivity index (χ4n) is 2.87. The Labute approximate surface area is 134 Å². The summed E-state index contributed by atoms with van der Waals surface area (Å²) < 4.78 is 10.6. The second-order valence-corrected chi connectivity index (χ2v) is 6.18. The van der Waals surface area contributed by atoms with Gasteiger partial charge in [0.05, 0.1) is 0 Å². The molecular formula is C18H17NO4. The van der Waals surface area contributed by atoms with Crippen molar-refractivity contribution in [2.45, 2.75) is 32.5 Å². The van der Waals surface area contributed by atoms with Crippen molar-refractivity contribution in [2.75, 3.05) is 0 Å². The maximum Gasteiger partial charge on any atom is 0.328 e. The molecule has 1 aromatic carbocycles. The van der Waals surface area contributed by atoms with Gasteiger partial charge in [0.2, 0.25) is 0 Å². The number of hydrogen-bond donors (Lipinski definition) is 1. The van der Waals surface area contributed by atoms with Crippen molar-refractivity contribution in [1.82, 2.24) is 4.98 Å². The molecule has 1 saturated heterocycles. The van der Waals surface area contributed by atoms with Crippen LogP contribution in [0.3, 0.4) is 0 Å². The van der Waals surface area contributed by atoms with Crippen molar-refractivity contribution < 1.29 is 19.1 Å². The van der Waals surface area contributed by atoms with Crippen molar-refractivity contribution in [1.29, 1.82) is 0 Å². The van der Waals surface area contributed by atoms with E-state index >= 15 is 0 Å². The summed E-state index contributed by atoms with van der Waals surface area (Å²) in [7, 11) is 0. The van der Waals surface area contributed by atoms with Gasteiger partial charge in [-0.1, -0.05) is 18.2 Å². The van der Waals surface area contributed by atoms with Crippen LogP contribution in [0.4, 0.5) is 0 Å². The van der Waals surface area contributed by atoms with E-state index < -0.39 is 23.1 Å². The fraction of sp³-hybridized carbons (Fsp3) is 0.333. The van der Waals surface area contributed by atoms with E-state index in [4.69, 9.17) is 15.9 Å². The van der Waals surface area contributed by atoms with Gasteiger partial charge < -0.3 is 14.5 Å². The number of para-hydroxylation sites is 1. The number of carbonyl (C=O) groups excluding carboxylic acids is 2. The largest absolute Gasteiger partial charge is 0.422 e. The van der Waals surface area contributed by atoms with Gasteiger partial charge in [0, 0.05) is 43.8 Å². The highest BCUT2D eigenvalue weighted by Crippen LogP contribution is 2.39. The van der Waals surface area contributed by atoms with E-state index in [0.717, 1.165) is 16.5 Å². The Balaban J connectivity index is 2.04. The van der Waals surface area contributed by atoms with Crippen LogP contribution in [0, 0.1) is 17.8 Å². The van der Waals surface area contributed by atoms with E-state index in [-0.39, 0.29) is 12.8 Å². The number of nitrogens with one attached hydrogen (secondary N) is 1. The standard InChI is InChI=1S/C18H17NO4/c1-4-9-18(15(20)22-17(2,3)23-16(18)21)10-12-11-19-14-8-6-5-7-13(12)14/h1,5-8,11,19H,9-10H2,2-3H3. The molecule has 0 amide bonds. The molecule has 0 radical (unpaired) electrons. The molecule has 0 bridgehead atoms. The van der Waals surface area contributed by atoms with Crippen LogP contribution in [-0.4, -0.2) is 22.7 Å². The Morgan fingerprint density at radius 3 is 2.48 bits per heavy atom. The Morgan fingerprint density at radius 1 is 1.17 bits per heavy atom. The van der Waals surface area contributed by atoms with E-state index in [1.807, 2.05) is 24.3 Å². The summed E-state index contributed by atoms with van der Waals surface area (Å²) in [5.41, 5.74) is 0.246. The summed E-state index contributed by atoms with van der Waals surface area (Å²) in [5, 5.41) is 0.939. The second kappa shape index (κ2) is 5.17. The van der Waals surface area contributed by atoms with Gasteiger partial charge in [-0.25, -0.2) is 0 Å². The molecule has 0 spiro atoms. The smallest absolute Gasteiger partial charge is 0.328 e. The lowest BCUT2D eigenvalue weighted by molar-refractivity contribution is -0.250. The molecule has 23 heavy (non-hydrogen) atoms. The molecule has 0 saturated carbocycles. The van der Waals surface area contributed by atoms with E-state index in [1.165, 1.54) is 13.8 Å². The molecule has 5 nitrogen and oxygen atoms in total. The second-order valence-electron chi connectivity index (χ2n) is 6.18. The lowest BCUT2D eigenvalue weighted by atomic mass is 9.78. The Kier molecular flexibility index (Phi) is 3.41. The van der Waals surface area contributed by atoms with Gasteiger partial charge in [0.1, 0.15) is 0 Å². The molecule has 5 heteroatoms. The van der Waals surface area contributed by atoms with Crippen LogP contribution in [0.15, 0.2) is 30.5 Å². The maximum absolute atomic E-state index is 12.6. The van der Waals surface area contributed by atoms with Crippen molar-refractivity contribution in [2.24, 2.45) is 5.41 Å². The molecule has 1 aliphatic heterocycles. The number of ether oxygens (including phenoxy) is 2. The Morgan fingerprint density at radius 2 is 1.83 bits per heavy atom. The molecule has 0 unspecified atom stereocenters. The average molecular weight is 311 g/mol. The molecule has 0 atom stereocenters. The Hall–Kier alpha value is -2.74. The molecule has 1 aliphatic rings. The summed E-state index contributed by atoms with van der Waals surface area (Å²) in [5.74, 6) is -0.130. The highest BCUT2D eigenvalue weighted by Gasteiger charge is 2.56. The first-order valence-electron chi connectivity index (χ1n) is 7.33. The van der Waals surface area contributed by atoms with Crippen molar-refractivity contribution in [3.05, 3.63) is 36.0 Å². The maximum atomic E-state index is 12.6. The quantitative estimate of drug-likeness (QED) is 0.537. The monoisotopic (exact) mass is 311 g/mol. The number of H-pyrrole nitrogens is 1. The minimum Gasteiger partial charge on any atom is -0.422 e. The zero-order valence-corrected chi connectivity index (χ0v) is 13.0. The van der Waals surface area contributed by atoms with E-state index in [2.05, 4.69) is 10.9 Å². The zero-order valence-electron chi connectivity index (χ0n) is 13.0. The predicted octanol–water partition coefficient (Wildman–Crippen LogP) is 2.56. The van der Waals surface area contributed by atoms with Crippen LogP contribution in [-0.2, 0) is 25.5 Å². The lowest BCUT2D eigenvalue weighted by Crippen LogP contribution is -2.54. The molecule has 1 N–H and O–H groups in total. The van der Waals surface area contributed by atoms with E-state index in [1.54, 1.807) is 6.20 Å². The van der Waals surface area contributed by atoms with Gasteiger partial charge in [-0.05, 0) is 11.6 Å². The van der Waals surface area contributed by atoms with Gasteiger partial charge in [0.25, 0.3) is 5.79 Å². The number of aromatic amines is 1. The zero-order chi connectivity index (χ0) is 16.7. The number of esters is 2. The van der Waals surface area contributed by atoms with Gasteiger partial charge in [-0.2, -0.15) is 0 Å². The fourth-order valence-corrected chi connectivity index (χ4v) is 2.87. The van der Waals surface area contributed by atoms with Gasteiger partial charge in [-0.15, -0.1) is 12.3 Å². The number of aromatic nitrogens is 1. The SMILES string of the molecule is C#CCC1(Cc2c[nH]c3ccccc23)C(=O)OC(C)(C)OC1=O. The molecule has 118 valence electrons. The van der Waals surface area contributed by atoms with Crippen LogP contribution in [0.2, 0.25) is 0 Å². The number of terminal acetylenes is 1. The van der Waals surface area contributed by atoms with Gasteiger partial charge in [0.15, 0.2) is 5.41 Å². The number of fused-ring (bicyclic) bond motifs is 1. The highest BCUT2D eigenvalue weighted by atomic mass is 16.7. The molecule has 3 rings (SSSR count). The molecule has 0 aliphatic carbocycles. The summed E-state index contributed by atoms with van der Waals surface area (Å²) in [6.07, 6.45) is 7.25. The molecule has 1 aromatic heterocycles. The predicted molar refractivity (Wildman–Crippen MR) is 84.1 cm³/mol.